The molecule has 1 unspecified atom stereocenters. The Morgan fingerprint density at radius 2 is 2.20 bits per heavy atom. The van der Waals surface area contributed by atoms with Gasteiger partial charge in [-0.25, -0.2) is 4.98 Å². The van der Waals surface area contributed by atoms with Crippen LogP contribution in [0.1, 0.15) is 37.9 Å². The molecule has 10 heteroatoms. The molecule has 0 bridgehead atoms. The highest BCUT2D eigenvalue weighted by Crippen LogP contribution is 2.18. The monoisotopic (exact) mass is 530 g/mol. The zero-order chi connectivity index (χ0) is 19.9. The van der Waals surface area contributed by atoms with Crippen LogP contribution in [0.5, 0.6) is 0 Å². The number of nitrogens with one attached hydrogen (secondary N) is 2. The van der Waals surface area contributed by atoms with E-state index in [2.05, 4.69) is 30.4 Å². The van der Waals surface area contributed by atoms with Gasteiger partial charge in [0.05, 0.1) is 31.6 Å². The van der Waals surface area contributed by atoms with Gasteiger partial charge < -0.3 is 24.1 Å². The van der Waals surface area contributed by atoms with E-state index in [9.17, 15) is 0 Å². The van der Waals surface area contributed by atoms with E-state index in [4.69, 9.17) is 13.9 Å². The lowest BCUT2D eigenvalue weighted by Crippen LogP contribution is -2.47. The van der Waals surface area contributed by atoms with E-state index < -0.39 is 0 Å². The number of piperidine rings is 1. The maximum atomic E-state index is 6.11. The summed E-state index contributed by atoms with van der Waals surface area (Å²) in [6, 6.07) is 3.66. The number of rotatable bonds is 6. The molecule has 166 valence electrons. The summed E-state index contributed by atoms with van der Waals surface area (Å²) in [5, 5.41) is 10.5. The predicted octanol–water partition coefficient (Wildman–Crippen LogP) is 2.81. The number of aromatic amines is 1. The topological polar surface area (TPSA) is 101 Å². The molecule has 0 aromatic carbocycles. The Kier molecular flexibility index (Phi) is 8.94. The average molecular weight is 530 g/mol. The summed E-state index contributed by atoms with van der Waals surface area (Å²) in [6.07, 6.45) is 7.75. The Hall–Kier alpha value is -1.66. The lowest BCUT2D eigenvalue weighted by Gasteiger charge is -2.34. The van der Waals surface area contributed by atoms with Crippen LogP contribution in [0.15, 0.2) is 27.8 Å². The molecule has 9 nitrogen and oxygen atoms in total. The summed E-state index contributed by atoms with van der Waals surface area (Å²) in [5.74, 6) is 2.82. The molecule has 4 heterocycles. The molecule has 0 aliphatic carbocycles. The molecule has 2 aliphatic rings. The van der Waals surface area contributed by atoms with Gasteiger partial charge >= 0.3 is 0 Å². The number of likely N-dealkylation sites (tertiary alicyclic amines) is 1. The zero-order valence-corrected chi connectivity index (χ0v) is 19.7. The highest BCUT2D eigenvalue weighted by molar-refractivity contribution is 14.0. The molecule has 0 radical (unpaired) electrons. The van der Waals surface area contributed by atoms with Gasteiger partial charge in [-0.1, -0.05) is 0 Å². The van der Waals surface area contributed by atoms with Crippen LogP contribution in [-0.2, 0) is 16.0 Å². The Balaban J connectivity index is 0.00000256. The summed E-state index contributed by atoms with van der Waals surface area (Å²) in [7, 11) is 1.81. The fourth-order valence-electron chi connectivity index (χ4n) is 3.80. The molecule has 0 amide bonds. The molecule has 4 rings (SSSR count). The molecule has 2 fully saturated rings. The fraction of sp³-hybridized carbons (Fsp3) is 0.650. The minimum atomic E-state index is 0. The van der Waals surface area contributed by atoms with Gasteiger partial charge in [0, 0.05) is 26.7 Å². The van der Waals surface area contributed by atoms with Gasteiger partial charge in [-0.05, 0) is 44.2 Å². The van der Waals surface area contributed by atoms with Crippen LogP contribution in [0, 0.1) is 0 Å². The van der Waals surface area contributed by atoms with E-state index in [-0.39, 0.29) is 30.1 Å². The summed E-state index contributed by atoms with van der Waals surface area (Å²) in [5.41, 5.74) is 0. The molecule has 2 aliphatic heterocycles. The van der Waals surface area contributed by atoms with Crippen molar-refractivity contribution in [3.8, 4) is 11.6 Å². The summed E-state index contributed by atoms with van der Waals surface area (Å²) < 4.78 is 17.2. The lowest BCUT2D eigenvalue weighted by molar-refractivity contribution is -0.0721. The second-order valence-electron chi connectivity index (χ2n) is 7.49. The van der Waals surface area contributed by atoms with Crippen LogP contribution in [0.3, 0.4) is 0 Å². The molecule has 30 heavy (non-hydrogen) atoms. The maximum absolute atomic E-state index is 6.11. The van der Waals surface area contributed by atoms with Crippen molar-refractivity contribution in [2.45, 2.75) is 50.9 Å². The van der Waals surface area contributed by atoms with E-state index in [1.54, 1.807) is 13.3 Å². The summed E-state index contributed by atoms with van der Waals surface area (Å²) in [4.78, 5) is 11.1. The standard InChI is InChI=1S/C20H30N6O3.HI/c1-21-20(22-13-18-23-19(25-24-18)17-6-4-12-28-17)26-9-7-15(8-10-26)29-14-16-5-2-3-11-27-16;/h4,6,12,15-16H,2-3,5,7-11,13-14H2,1H3,(H,21,22)(H,23,24,25);1H. The van der Waals surface area contributed by atoms with Gasteiger partial charge in [0.2, 0.25) is 5.82 Å². The smallest absolute Gasteiger partial charge is 0.216 e. The number of hydrogen-bond acceptors (Lipinski definition) is 6. The number of aromatic nitrogens is 3. The van der Waals surface area contributed by atoms with Gasteiger partial charge in [-0.15, -0.1) is 29.1 Å². The number of guanidine groups is 1. The van der Waals surface area contributed by atoms with Crippen molar-refractivity contribution in [1.29, 1.82) is 0 Å². The van der Waals surface area contributed by atoms with Crippen molar-refractivity contribution in [3.63, 3.8) is 0 Å². The van der Waals surface area contributed by atoms with E-state index >= 15 is 0 Å². The second-order valence-corrected chi connectivity index (χ2v) is 7.49. The number of H-pyrrole nitrogens is 1. The highest BCUT2D eigenvalue weighted by atomic mass is 127. The van der Waals surface area contributed by atoms with Gasteiger partial charge in [-0.3, -0.25) is 10.1 Å². The van der Waals surface area contributed by atoms with E-state index in [1.807, 2.05) is 12.1 Å². The van der Waals surface area contributed by atoms with Crippen molar-refractivity contribution >= 4 is 29.9 Å². The van der Waals surface area contributed by atoms with Crippen molar-refractivity contribution in [1.82, 2.24) is 25.4 Å². The van der Waals surface area contributed by atoms with Crippen molar-refractivity contribution in [2.24, 2.45) is 4.99 Å². The summed E-state index contributed by atoms with van der Waals surface area (Å²) in [6.45, 7) is 3.97. The molecule has 1 atom stereocenters. The Bertz CT molecular complexity index is 767. The molecule has 2 aromatic heterocycles. The first-order valence-corrected chi connectivity index (χ1v) is 10.5. The third kappa shape index (κ3) is 6.17. The van der Waals surface area contributed by atoms with Crippen LogP contribution in [0.25, 0.3) is 11.6 Å². The van der Waals surface area contributed by atoms with Crippen molar-refractivity contribution in [2.75, 3.05) is 33.4 Å². The van der Waals surface area contributed by atoms with Crippen LogP contribution in [0.4, 0.5) is 0 Å². The molecular weight excluding hydrogens is 499 g/mol. The van der Waals surface area contributed by atoms with Gasteiger partial charge in [0.15, 0.2) is 11.7 Å². The Morgan fingerprint density at radius 3 is 2.90 bits per heavy atom. The SMILES string of the molecule is CN=C(NCc1nc(-c2ccco2)n[nH]1)N1CCC(OCC2CCCCO2)CC1.I. The third-order valence-corrected chi connectivity index (χ3v) is 5.43. The normalized spacial score (nSPS) is 20.8. The largest absolute Gasteiger partial charge is 0.461 e. The molecular formula is C20H31IN6O3. The Labute approximate surface area is 194 Å². The second kappa shape index (κ2) is 11.7. The lowest BCUT2D eigenvalue weighted by atomic mass is 10.1. The van der Waals surface area contributed by atoms with E-state index in [1.165, 1.54) is 12.8 Å². The van der Waals surface area contributed by atoms with Crippen LogP contribution in [-0.4, -0.2) is 71.6 Å². The first-order valence-electron chi connectivity index (χ1n) is 10.5. The van der Waals surface area contributed by atoms with Gasteiger partial charge in [0.1, 0.15) is 5.82 Å². The summed E-state index contributed by atoms with van der Waals surface area (Å²) >= 11 is 0. The van der Waals surface area contributed by atoms with Crippen LogP contribution < -0.4 is 5.32 Å². The predicted molar refractivity (Wildman–Crippen MR) is 124 cm³/mol. The number of nitrogens with zero attached hydrogens (tertiary/aromatic N) is 4. The number of aliphatic imine (C=N–C) groups is 1. The minimum absolute atomic E-state index is 0. The number of halogens is 1. The van der Waals surface area contributed by atoms with Crippen molar-refractivity contribution in [3.05, 3.63) is 24.2 Å². The van der Waals surface area contributed by atoms with E-state index in [0.717, 1.165) is 57.3 Å². The number of furan rings is 1. The van der Waals surface area contributed by atoms with E-state index in [0.29, 0.717) is 24.2 Å². The first kappa shape index (κ1) is 23.0. The third-order valence-electron chi connectivity index (χ3n) is 5.43. The first-order chi connectivity index (χ1) is 14.3. The maximum Gasteiger partial charge on any atom is 0.216 e. The average Bonchev–Trinajstić information content (AvgIpc) is 3.46. The van der Waals surface area contributed by atoms with Crippen LogP contribution >= 0.6 is 24.0 Å². The number of hydrogen-bond donors (Lipinski definition) is 2. The molecule has 2 saturated heterocycles. The van der Waals surface area contributed by atoms with Gasteiger partial charge in [0.25, 0.3) is 0 Å². The number of ether oxygens (including phenoxy) is 2. The van der Waals surface area contributed by atoms with Crippen LogP contribution in [0.2, 0.25) is 0 Å². The molecule has 2 N–H and O–H groups in total. The highest BCUT2D eigenvalue weighted by Gasteiger charge is 2.24. The van der Waals surface area contributed by atoms with Gasteiger partial charge in [-0.2, -0.15) is 0 Å². The molecule has 2 aromatic rings. The molecule has 0 saturated carbocycles. The zero-order valence-electron chi connectivity index (χ0n) is 17.4. The fourth-order valence-corrected chi connectivity index (χ4v) is 3.80. The van der Waals surface area contributed by atoms with Crippen molar-refractivity contribution < 1.29 is 13.9 Å². The minimum Gasteiger partial charge on any atom is -0.461 e. The Morgan fingerprint density at radius 1 is 1.33 bits per heavy atom. The molecule has 0 spiro atoms. The quantitative estimate of drug-likeness (QED) is 0.337.